The highest BCUT2D eigenvalue weighted by Crippen LogP contribution is 2.30. The van der Waals surface area contributed by atoms with E-state index in [9.17, 15) is 0 Å². The third-order valence-corrected chi connectivity index (χ3v) is 2.78. The summed E-state index contributed by atoms with van der Waals surface area (Å²) in [4.78, 5) is 4.12. The Morgan fingerprint density at radius 2 is 2.18 bits per heavy atom. The van der Waals surface area contributed by atoms with Gasteiger partial charge < -0.3 is 10.5 Å². The van der Waals surface area contributed by atoms with E-state index in [0.29, 0.717) is 17.3 Å². The van der Waals surface area contributed by atoms with Crippen LogP contribution in [0.2, 0.25) is 0 Å². The van der Waals surface area contributed by atoms with Crippen LogP contribution in [0.5, 0.6) is 5.75 Å². The minimum Gasteiger partial charge on any atom is -0.493 e. The van der Waals surface area contributed by atoms with Crippen molar-refractivity contribution in [1.82, 2.24) is 15.2 Å². The van der Waals surface area contributed by atoms with Gasteiger partial charge in [-0.3, -0.25) is 0 Å². The number of hydrogen-bond acceptors (Lipinski definition) is 5. The number of rotatable bonds is 1. The molecule has 5 nitrogen and oxygen atoms in total. The third-order valence-electron chi connectivity index (χ3n) is 2.78. The van der Waals surface area contributed by atoms with Crippen LogP contribution < -0.4 is 10.5 Å². The zero-order valence-corrected chi connectivity index (χ0v) is 9.47. The number of aromatic nitrogens is 3. The molecule has 86 valence electrons. The minimum atomic E-state index is 0.413. The SMILES string of the molecule is Cc1nnc(-c2ccc3c(c2)CCO3)c(N)n1. The number of ether oxygens (including phenoxy) is 1. The lowest BCUT2D eigenvalue weighted by Gasteiger charge is -2.05. The highest BCUT2D eigenvalue weighted by atomic mass is 16.5. The Morgan fingerprint density at radius 1 is 1.29 bits per heavy atom. The summed E-state index contributed by atoms with van der Waals surface area (Å²) in [5.41, 5.74) is 8.60. The summed E-state index contributed by atoms with van der Waals surface area (Å²) in [7, 11) is 0. The summed E-state index contributed by atoms with van der Waals surface area (Å²) < 4.78 is 5.46. The Bertz CT molecular complexity index is 583. The van der Waals surface area contributed by atoms with Crippen molar-refractivity contribution >= 4 is 5.82 Å². The molecular weight excluding hydrogens is 216 g/mol. The van der Waals surface area contributed by atoms with Gasteiger partial charge in [-0.25, -0.2) is 4.98 Å². The van der Waals surface area contributed by atoms with Crippen molar-refractivity contribution in [1.29, 1.82) is 0 Å². The molecule has 0 saturated carbocycles. The van der Waals surface area contributed by atoms with Gasteiger partial charge in [0.2, 0.25) is 0 Å². The highest BCUT2D eigenvalue weighted by molar-refractivity contribution is 5.70. The molecule has 2 heterocycles. The van der Waals surface area contributed by atoms with Crippen molar-refractivity contribution in [3.05, 3.63) is 29.6 Å². The second-order valence-corrected chi connectivity index (χ2v) is 4.01. The van der Waals surface area contributed by atoms with E-state index in [4.69, 9.17) is 10.5 Å². The molecule has 0 saturated heterocycles. The van der Waals surface area contributed by atoms with Crippen LogP contribution in [0.25, 0.3) is 11.3 Å². The van der Waals surface area contributed by atoms with E-state index < -0.39 is 0 Å². The van der Waals surface area contributed by atoms with Crippen LogP contribution in [0.4, 0.5) is 5.82 Å². The molecule has 17 heavy (non-hydrogen) atoms. The van der Waals surface area contributed by atoms with Gasteiger partial charge in [0.25, 0.3) is 0 Å². The molecular formula is C12H12N4O. The smallest absolute Gasteiger partial charge is 0.154 e. The molecule has 0 spiro atoms. The zero-order valence-electron chi connectivity index (χ0n) is 9.47. The lowest BCUT2D eigenvalue weighted by atomic mass is 10.1. The minimum absolute atomic E-state index is 0.413. The van der Waals surface area contributed by atoms with Crippen LogP contribution in [0.3, 0.4) is 0 Å². The highest BCUT2D eigenvalue weighted by Gasteiger charge is 2.14. The molecule has 1 aromatic carbocycles. The van der Waals surface area contributed by atoms with E-state index >= 15 is 0 Å². The Hall–Kier alpha value is -2.17. The maximum atomic E-state index is 5.85. The zero-order chi connectivity index (χ0) is 11.8. The molecule has 1 aliphatic rings. The van der Waals surface area contributed by atoms with Crippen LogP contribution in [-0.2, 0) is 6.42 Å². The van der Waals surface area contributed by atoms with Gasteiger partial charge in [0.1, 0.15) is 17.3 Å². The number of anilines is 1. The lowest BCUT2D eigenvalue weighted by molar-refractivity contribution is 0.357. The van der Waals surface area contributed by atoms with E-state index in [1.54, 1.807) is 6.92 Å². The number of nitrogens with two attached hydrogens (primary N) is 1. The van der Waals surface area contributed by atoms with Crippen molar-refractivity contribution in [2.75, 3.05) is 12.3 Å². The molecule has 0 aliphatic carbocycles. The van der Waals surface area contributed by atoms with Crippen LogP contribution in [0, 0.1) is 6.92 Å². The van der Waals surface area contributed by atoms with E-state index in [1.807, 2.05) is 18.2 Å². The number of fused-ring (bicyclic) bond motifs is 1. The van der Waals surface area contributed by atoms with E-state index in [-0.39, 0.29) is 0 Å². The Labute approximate surface area is 98.7 Å². The largest absolute Gasteiger partial charge is 0.493 e. The van der Waals surface area contributed by atoms with Gasteiger partial charge in [-0.05, 0) is 30.7 Å². The first-order valence-electron chi connectivity index (χ1n) is 5.47. The van der Waals surface area contributed by atoms with Crippen molar-refractivity contribution in [2.45, 2.75) is 13.3 Å². The summed E-state index contributed by atoms with van der Waals surface area (Å²) in [6.45, 7) is 2.51. The summed E-state index contributed by atoms with van der Waals surface area (Å²) in [5.74, 6) is 1.94. The molecule has 0 amide bonds. The fraction of sp³-hybridized carbons (Fsp3) is 0.250. The van der Waals surface area contributed by atoms with E-state index in [0.717, 1.165) is 24.3 Å². The molecule has 1 aliphatic heterocycles. The van der Waals surface area contributed by atoms with Gasteiger partial charge >= 0.3 is 0 Å². The fourth-order valence-corrected chi connectivity index (χ4v) is 1.96. The molecule has 0 atom stereocenters. The first-order valence-corrected chi connectivity index (χ1v) is 5.47. The normalized spacial score (nSPS) is 13.2. The predicted molar refractivity (Wildman–Crippen MR) is 63.6 cm³/mol. The number of benzene rings is 1. The summed E-state index contributed by atoms with van der Waals surface area (Å²) in [6, 6.07) is 5.92. The van der Waals surface area contributed by atoms with Crippen molar-refractivity contribution in [3.8, 4) is 17.0 Å². The van der Waals surface area contributed by atoms with Crippen molar-refractivity contribution < 1.29 is 4.74 Å². The molecule has 1 aromatic heterocycles. The van der Waals surface area contributed by atoms with Gasteiger partial charge in [-0.15, -0.1) is 10.2 Å². The van der Waals surface area contributed by atoms with Crippen LogP contribution in [0.1, 0.15) is 11.4 Å². The average molecular weight is 228 g/mol. The molecule has 0 fully saturated rings. The van der Waals surface area contributed by atoms with Gasteiger partial charge in [-0.2, -0.15) is 0 Å². The van der Waals surface area contributed by atoms with E-state index in [1.165, 1.54) is 5.56 Å². The van der Waals surface area contributed by atoms with Crippen LogP contribution in [0.15, 0.2) is 18.2 Å². The Balaban J connectivity index is 2.09. The van der Waals surface area contributed by atoms with Gasteiger partial charge in [0.15, 0.2) is 5.82 Å². The molecule has 3 rings (SSSR count). The second-order valence-electron chi connectivity index (χ2n) is 4.01. The quantitative estimate of drug-likeness (QED) is 0.797. The van der Waals surface area contributed by atoms with Gasteiger partial charge in [0, 0.05) is 12.0 Å². The van der Waals surface area contributed by atoms with E-state index in [2.05, 4.69) is 15.2 Å². The number of nitrogen functional groups attached to an aromatic ring is 1. The van der Waals surface area contributed by atoms with Crippen molar-refractivity contribution in [2.24, 2.45) is 0 Å². The standard InChI is InChI=1S/C12H12N4O/c1-7-14-12(13)11(16-15-7)9-2-3-10-8(6-9)4-5-17-10/h2-3,6H,4-5H2,1H3,(H2,13,14,15). The number of nitrogens with zero attached hydrogens (tertiary/aromatic N) is 3. The first kappa shape index (κ1) is 10.0. The van der Waals surface area contributed by atoms with Gasteiger partial charge in [0.05, 0.1) is 6.61 Å². The van der Waals surface area contributed by atoms with Crippen molar-refractivity contribution in [3.63, 3.8) is 0 Å². The molecule has 2 aromatic rings. The Morgan fingerprint density at radius 3 is 3.00 bits per heavy atom. The third kappa shape index (κ3) is 1.69. The molecule has 5 heteroatoms. The summed E-state index contributed by atoms with van der Waals surface area (Å²) in [6.07, 6.45) is 0.926. The predicted octanol–water partition coefficient (Wildman–Crippen LogP) is 1.36. The first-order chi connectivity index (χ1) is 8.24. The monoisotopic (exact) mass is 228 g/mol. The average Bonchev–Trinajstić information content (AvgIpc) is 2.75. The molecule has 0 unspecified atom stereocenters. The summed E-state index contributed by atoms with van der Waals surface area (Å²) >= 11 is 0. The topological polar surface area (TPSA) is 73.9 Å². The van der Waals surface area contributed by atoms with Crippen LogP contribution in [-0.4, -0.2) is 21.8 Å². The number of hydrogen-bond donors (Lipinski definition) is 1. The Kier molecular flexibility index (Phi) is 2.18. The summed E-state index contributed by atoms with van der Waals surface area (Å²) in [5, 5.41) is 8.03. The molecule has 0 bridgehead atoms. The van der Waals surface area contributed by atoms with Gasteiger partial charge in [-0.1, -0.05) is 0 Å². The lowest BCUT2D eigenvalue weighted by Crippen LogP contribution is -2.02. The fourth-order valence-electron chi connectivity index (χ4n) is 1.96. The second kappa shape index (κ2) is 3.69. The number of aryl methyl sites for hydroxylation is 1. The maximum absolute atomic E-state index is 5.85. The molecule has 0 radical (unpaired) electrons. The maximum Gasteiger partial charge on any atom is 0.154 e. The van der Waals surface area contributed by atoms with Crippen LogP contribution >= 0.6 is 0 Å². The molecule has 2 N–H and O–H groups in total.